The Morgan fingerprint density at radius 3 is 1.90 bits per heavy atom. The molecule has 6 heteroatoms. The van der Waals surface area contributed by atoms with E-state index in [1.54, 1.807) is 0 Å². The van der Waals surface area contributed by atoms with Gasteiger partial charge in [0.25, 0.3) is 0 Å². The highest BCUT2D eigenvalue weighted by molar-refractivity contribution is 5.27. The van der Waals surface area contributed by atoms with E-state index in [4.69, 9.17) is 9.47 Å². The molecule has 0 saturated heterocycles. The first kappa shape index (κ1) is 17.5. The lowest BCUT2D eigenvalue weighted by atomic mass is 10.1. The van der Waals surface area contributed by atoms with Crippen LogP contribution in [0.15, 0.2) is 0 Å². The average molecular weight is 296 g/mol. The van der Waals surface area contributed by atoms with Gasteiger partial charge in [0, 0.05) is 6.54 Å². The molecule has 120 valence electrons. The Morgan fingerprint density at radius 1 is 0.762 bits per heavy atom. The molecule has 0 aromatic carbocycles. The molecule has 0 radical (unpaired) electrons. The second-order valence-electron chi connectivity index (χ2n) is 4.78. The normalized spacial score (nSPS) is 10.4. The highest BCUT2D eigenvalue weighted by Gasteiger charge is 2.07. The molecule has 6 nitrogen and oxygen atoms in total. The SMILES string of the molecule is CCCCCCCCNc1nc(OCC)nc(OCC)n1. The molecule has 0 aliphatic carbocycles. The molecule has 0 spiro atoms. The van der Waals surface area contributed by atoms with Crippen LogP contribution in [0.2, 0.25) is 0 Å². The lowest BCUT2D eigenvalue weighted by Crippen LogP contribution is -2.10. The number of unbranched alkanes of at least 4 members (excludes halogenated alkanes) is 5. The molecule has 1 aromatic heterocycles. The number of hydrogen-bond donors (Lipinski definition) is 1. The summed E-state index contributed by atoms with van der Waals surface area (Å²) in [5.74, 6) is 0.519. The van der Waals surface area contributed by atoms with Crippen molar-refractivity contribution in [2.75, 3.05) is 25.1 Å². The topological polar surface area (TPSA) is 69.2 Å². The Labute approximate surface area is 127 Å². The van der Waals surface area contributed by atoms with E-state index in [1.165, 1.54) is 32.1 Å². The molecule has 0 bridgehead atoms. The monoisotopic (exact) mass is 296 g/mol. The van der Waals surface area contributed by atoms with Crippen LogP contribution in [0.1, 0.15) is 59.3 Å². The Morgan fingerprint density at radius 2 is 1.33 bits per heavy atom. The van der Waals surface area contributed by atoms with Crippen molar-refractivity contribution in [3.05, 3.63) is 0 Å². The summed E-state index contributed by atoms with van der Waals surface area (Å²) in [4.78, 5) is 12.5. The maximum absolute atomic E-state index is 5.32. The van der Waals surface area contributed by atoms with Crippen molar-refractivity contribution in [2.45, 2.75) is 59.3 Å². The van der Waals surface area contributed by atoms with Gasteiger partial charge in [0.05, 0.1) is 13.2 Å². The summed E-state index contributed by atoms with van der Waals surface area (Å²) in [6.45, 7) is 7.92. The molecular weight excluding hydrogens is 268 g/mol. The van der Waals surface area contributed by atoms with Gasteiger partial charge in [-0.2, -0.15) is 9.97 Å². The minimum atomic E-state index is 0.307. The molecular formula is C15H28N4O2. The largest absolute Gasteiger partial charge is 0.464 e. The highest BCUT2D eigenvalue weighted by atomic mass is 16.5. The van der Waals surface area contributed by atoms with Crippen LogP contribution in [0.5, 0.6) is 12.0 Å². The van der Waals surface area contributed by atoms with E-state index in [0.717, 1.165) is 13.0 Å². The first-order chi connectivity index (χ1) is 10.3. The Kier molecular flexibility index (Phi) is 9.24. The summed E-state index contributed by atoms with van der Waals surface area (Å²) in [6.07, 6.45) is 7.57. The maximum Gasteiger partial charge on any atom is 0.324 e. The molecule has 0 atom stereocenters. The van der Waals surface area contributed by atoms with Gasteiger partial charge in [-0.25, -0.2) is 0 Å². The molecule has 1 rings (SSSR count). The van der Waals surface area contributed by atoms with Crippen LogP contribution in [-0.2, 0) is 0 Å². The second-order valence-corrected chi connectivity index (χ2v) is 4.78. The lowest BCUT2D eigenvalue weighted by Gasteiger charge is -2.08. The third-order valence-corrected chi connectivity index (χ3v) is 2.95. The van der Waals surface area contributed by atoms with Crippen LogP contribution in [0.25, 0.3) is 0 Å². The summed E-state index contributed by atoms with van der Waals surface area (Å²) in [5, 5.41) is 3.21. The van der Waals surface area contributed by atoms with Crippen LogP contribution in [-0.4, -0.2) is 34.7 Å². The zero-order chi connectivity index (χ0) is 15.3. The van der Waals surface area contributed by atoms with E-state index in [0.29, 0.717) is 31.2 Å². The first-order valence-corrected chi connectivity index (χ1v) is 8.05. The maximum atomic E-state index is 5.32. The van der Waals surface area contributed by atoms with Crippen molar-refractivity contribution < 1.29 is 9.47 Å². The van der Waals surface area contributed by atoms with E-state index >= 15 is 0 Å². The van der Waals surface area contributed by atoms with Gasteiger partial charge < -0.3 is 14.8 Å². The molecule has 1 aromatic rings. The van der Waals surface area contributed by atoms with E-state index < -0.39 is 0 Å². The summed E-state index contributed by atoms with van der Waals surface area (Å²) >= 11 is 0. The third kappa shape index (κ3) is 7.68. The van der Waals surface area contributed by atoms with Gasteiger partial charge in [-0.1, -0.05) is 39.0 Å². The fraction of sp³-hybridized carbons (Fsp3) is 0.800. The van der Waals surface area contributed by atoms with Gasteiger partial charge in [-0.15, -0.1) is 4.98 Å². The van der Waals surface area contributed by atoms with Crippen molar-refractivity contribution in [2.24, 2.45) is 0 Å². The van der Waals surface area contributed by atoms with Crippen LogP contribution in [0.4, 0.5) is 5.95 Å². The van der Waals surface area contributed by atoms with E-state index in [1.807, 2.05) is 13.8 Å². The summed E-state index contributed by atoms with van der Waals surface area (Å²) < 4.78 is 10.6. The minimum absolute atomic E-state index is 0.307. The highest BCUT2D eigenvalue weighted by Crippen LogP contribution is 2.13. The van der Waals surface area contributed by atoms with Crippen molar-refractivity contribution in [1.29, 1.82) is 0 Å². The van der Waals surface area contributed by atoms with E-state index in [2.05, 4.69) is 27.2 Å². The number of rotatable bonds is 12. The number of ether oxygens (including phenoxy) is 2. The standard InChI is InChI=1S/C15H28N4O2/c1-4-7-8-9-10-11-12-16-13-17-14(20-5-2)19-15(18-13)21-6-3/h4-12H2,1-3H3,(H,16,17,18,19). The Bertz CT molecular complexity index is 364. The molecule has 0 fully saturated rings. The number of anilines is 1. The molecule has 21 heavy (non-hydrogen) atoms. The molecule has 0 aliphatic rings. The van der Waals surface area contributed by atoms with E-state index in [9.17, 15) is 0 Å². The van der Waals surface area contributed by atoms with Gasteiger partial charge >= 0.3 is 12.0 Å². The quantitative estimate of drug-likeness (QED) is 0.596. The van der Waals surface area contributed by atoms with Gasteiger partial charge in [-0.3, -0.25) is 0 Å². The zero-order valence-electron chi connectivity index (χ0n) is 13.5. The summed E-state index contributed by atoms with van der Waals surface area (Å²) in [6, 6.07) is 0.614. The predicted molar refractivity (Wildman–Crippen MR) is 84.0 cm³/mol. The van der Waals surface area contributed by atoms with Crippen LogP contribution < -0.4 is 14.8 Å². The minimum Gasteiger partial charge on any atom is -0.464 e. The molecule has 1 heterocycles. The Balaban J connectivity index is 2.38. The smallest absolute Gasteiger partial charge is 0.324 e. The number of hydrogen-bond acceptors (Lipinski definition) is 6. The van der Waals surface area contributed by atoms with Gasteiger partial charge in [0.15, 0.2) is 0 Å². The second kappa shape index (κ2) is 11.1. The van der Waals surface area contributed by atoms with Gasteiger partial charge in [0.2, 0.25) is 5.95 Å². The van der Waals surface area contributed by atoms with Crippen LogP contribution in [0.3, 0.4) is 0 Å². The van der Waals surface area contributed by atoms with Crippen LogP contribution in [0, 0.1) is 0 Å². The molecule has 0 amide bonds. The number of nitrogens with zero attached hydrogens (tertiary/aromatic N) is 3. The lowest BCUT2D eigenvalue weighted by molar-refractivity contribution is 0.280. The van der Waals surface area contributed by atoms with Gasteiger partial charge in [0.1, 0.15) is 0 Å². The van der Waals surface area contributed by atoms with Gasteiger partial charge in [-0.05, 0) is 20.3 Å². The van der Waals surface area contributed by atoms with Crippen molar-refractivity contribution in [1.82, 2.24) is 15.0 Å². The number of aromatic nitrogens is 3. The van der Waals surface area contributed by atoms with E-state index in [-0.39, 0.29) is 0 Å². The third-order valence-electron chi connectivity index (χ3n) is 2.95. The molecule has 0 aliphatic heterocycles. The molecule has 0 saturated carbocycles. The fourth-order valence-electron chi connectivity index (χ4n) is 1.91. The summed E-state index contributed by atoms with van der Waals surface area (Å²) in [5.41, 5.74) is 0. The fourth-order valence-corrected chi connectivity index (χ4v) is 1.91. The van der Waals surface area contributed by atoms with Crippen molar-refractivity contribution in [3.63, 3.8) is 0 Å². The molecule has 1 N–H and O–H groups in total. The van der Waals surface area contributed by atoms with Crippen molar-refractivity contribution in [3.8, 4) is 12.0 Å². The number of nitrogens with one attached hydrogen (secondary N) is 1. The first-order valence-electron chi connectivity index (χ1n) is 8.05. The predicted octanol–water partition coefficient (Wildman–Crippen LogP) is 3.44. The average Bonchev–Trinajstić information content (AvgIpc) is 2.47. The summed E-state index contributed by atoms with van der Waals surface area (Å²) in [7, 11) is 0. The molecule has 0 unspecified atom stereocenters. The zero-order valence-corrected chi connectivity index (χ0v) is 13.5. The van der Waals surface area contributed by atoms with Crippen molar-refractivity contribution >= 4 is 5.95 Å². The van der Waals surface area contributed by atoms with Crippen LogP contribution >= 0.6 is 0 Å². The Hall–Kier alpha value is -1.59.